The molecule has 1 aromatic carbocycles. The zero-order valence-electron chi connectivity index (χ0n) is 16.3. The molecule has 3 heterocycles. The molecule has 1 saturated heterocycles. The Bertz CT molecular complexity index is 1120. The first-order chi connectivity index (χ1) is 14.4. The molecule has 1 amide bonds. The molecule has 0 saturated carbocycles. The highest BCUT2D eigenvalue weighted by Gasteiger charge is 2.26. The van der Waals surface area contributed by atoms with E-state index in [0.29, 0.717) is 38.4 Å². The number of aryl methyl sites for hydroxylation is 1. The fourth-order valence-corrected chi connectivity index (χ4v) is 6.28. The van der Waals surface area contributed by atoms with Gasteiger partial charge in [-0.15, -0.1) is 22.7 Å². The van der Waals surface area contributed by atoms with E-state index in [-0.39, 0.29) is 10.8 Å². The Kier molecular flexibility index (Phi) is 6.30. The maximum absolute atomic E-state index is 12.7. The smallest absolute Gasteiger partial charge is 0.251 e. The van der Waals surface area contributed by atoms with Crippen molar-refractivity contribution in [1.29, 1.82) is 0 Å². The highest BCUT2D eigenvalue weighted by atomic mass is 32.2. The van der Waals surface area contributed by atoms with Crippen LogP contribution in [-0.2, 0) is 21.3 Å². The van der Waals surface area contributed by atoms with E-state index in [9.17, 15) is 13.2 Å². The van der Waals surface area contributed by atoms with Crippen LogP contribution >= 0.6 is 22.7 Å². The van der Waals surface area contributed by atoms with Crippen molar-refractivity contribution < 1.29 is 17.9 Å². The van der Waals surface area contributed by atoms with Crippen LogP contribution in [0.25, 0.3) is 9.88 Å². The second-order valence-electron chi connectivity index (χ2n) is 6.73. The Balaban J connectivity index is 1.41. The standard InChI is InChI=1S/C20H21N3O4S3/c1-14-18(29-20(22-14)17-3-2-12-28-17)13-21-19(24)15-4-6-16(7-5-15)30(25,26)23-8-10-27-11-9-23/h2-7,12H,8-11,13H2,1H3,(H,21,24). The number of hydrogen-bond donors (Lipinski definition) is 1. The van der Waals surface area contributed by atoms with Gasteiger partial charge in [0.05, 0.1) is 35.2 Å². The monoisotopic (exact) mass is 463 g/mol. The number of thiophene rings is 1. The third kappa shape index (κ3) is 4.47. The predicted molar refractivity (Wildman–Crippen MR) is 117 cm³/mol. The lowest BCUT2D eigenvalue weighted by Crippen LogP contribution is -2.40. The molecule has 0 spiro atoms. The van der Waals surface area contributed by atoms with Crippen molar-refractivity contribution in [3.63, 3.8) is 0 Å². The maximum atomic E-state index is 12.7. The highest BCUT2D eigenvalue weighted by Crippen LogP contribution is 2.31. The lowest BCUT2D eigenvalue weighted by atomic mass is 10.2. The third-order valence-corrected chi connectivity index (χ3v) is 8.87. The van der Waals surface area contributed by atoms with Crippen molar-refractivity contribution in [2.24, 2.45) is 0 Å². The average molecular weight is 464 g/mol. The first-order valence-corrected chi connectivity index (χ1v) is 12.5. The number of carbonyl (C=O) groups excluding carboxylic acids is 1. The van der Waals surface area contributed by atoms with Crippen LogP contribution in [0.15, 0.2) is 46.7 Å². The molecule has 4 rings (SSSR count). The van der Waals surface area contributed by atoms with Gasteiger partial charge in [-0.3, -0.25) is 4.79 Å². The Morgan fingerprint density at radius 2 is 1.93 bits per heavy atom. The quantitative estimate of drug-likeness (QED) is 0.607. The first-order valence-electron chi connectivity index (χ1n) is 9.41. The van der Waals surface area contributed by atoms with Gasteiger partial charge in [0.25, 0.3) is 5.91 Å². The van der Waals surface area contributed by atoms with E-state index in [1.807, 2.05) is 24.4 Å². The van der Waals surface area contributed by atoms with Crippen LogP contribution in [0.1, 0.15) is 20.9 Å². The molecule has 0 aliphatic carbocycles. The van der Waals surface area contributed by atoms with Crippen molar-refractivity contribution in [2.75, 3.05) is 26.3 Å². The Hall–Kier alpha value is -2.11. The summed E-state index contributed by atoms with van der Waals surface area (Å²) in [5, 5.41) is 5.85. The number of morpholine rings is 1. The minimum atomic E-state index is -3.57. The van der Waals surface area contributed by atoms with Crippen LogP contribution in [0, 0.1) is 6.92 Å². The normalized spacial score (nSPS) is 15.2. The van der Waals surface area contributed by atoms with Gasteiger partial charge >= 0.3 is 0 Å². The Labute approximate surface area is 183 Å². The molecule has 1 N–H and O–H groups in total. The molecule has 10 heteroatoms. The molecular formula is C20H21N3O4S3. The molecule has 1 aliphatic heterocycles. The van der Waals surface area contributed by atoms with Gasteiger partial charge in [0.2, 0.25) is 10.0 Å². The van der Waals surface area contributed by atoms with Crippen molar-refractivity contribution >= 4 is 38.6 Å². The number of benzene rings is 1. The van der Waals surface area contributed by atoms with Crippen molar-refractivity contribution in [3.05, 3.63) is 57.9 Å². The van der Waals surface area contributed by atoms with Crippen LogP contribution in [0.3, 0.4) is 0 Å². The number of ether oxygens (including phenoxy) is 1. The van der Waals surface area contributed by atoms with Gasteiger partial charge in [0.15, 0.2) is 0 Å². The first kappa shape index (κ1) is 21.1. The summed E-state index contributed by atoms with van der Waals surface area (Å²) >= 11 is 3.20. The van der Waals surface area contributed by atoms with Crippen molar-refractivity contribution in [2.45, 2.75) is 18.4 Å². The summed E-state index contributed by atoms with van der Waals surface area (Å²) in [7, 11) is -3.57. The zero-order valence-corrected chi connectivity index (χ0v) is 18.8. The topological polar surface area (TPSA) is 88.6 Å². The number of carbonyl (C=O) groups is 1. The fourth-order valence-electron chi connectivity index (χ4n) is 3.07. The number of aromatic nitrogens is 1. The largest absolute Gasteiger partial charge is 0.379 e. The average Bonchev–Trinajstić information content (AvgIpc) is 3.42. The SMILES string of the molecule is Cc1nc(-c2cccs2)sc1CNC(=O)c1ccc(S(=O)(=O)N2CCOCC2)cc1. The lowest BCUT2D eigenvalue weighted by Gasteiger charge is -2.26. The molecule has 1 fully saturated rings. The van der Waals surface area contributed by atoms with Crippen molar-refractivity contribution in [3.8, 4) is 9.88 Å². The molecule has 0 unspecified atom stereocenters. The van der Waals surface area contributed by atoms with Crippen molar-refractivity contribution in [1.82, 2.24) is 14.6 Å². The van der Waals surface area contributed by atoms with Gasteiger partial charge in [-0.2, -0.15) is 4.31 Å². The molecule has 3 aromatic rings. The van der Waals surface area contributed by atoms with Gasteiger partial charge < -0.3 is 10.1 Å². The third-order valence-electron chi connectivity index (χ3n) is 4.76. The second kappa shape index (κ2) is 8.94. The van der Waals surface area contributed by atoms with Crippen LogP contribution < -0.4 is 5.32 Å². The lowest BCUT2D eigenvalue weighted by molar-refractivity contribution is 0.0730. The van der Waals surface area contributed by atoms with Gasteiger partial charge in [0.1, 0.15) is 5.01 Å². The summed E-state index contributed by atoms with van der Waals surface area (Å²) in [5.41, 5.74) is 1.31. The molecule has 1 aliphatic rings. The van der Waals surface area contributed by atoms with E-state index in [1.54, 1.807) is 34.8 Å². The van der Waals surface area contributed by atoms with E-state index in [1.165, 1.54) is 16.4 Å². The Morgan fingerprint density at radius 1 is 1.20 bits per heavy atom. The van der Waals surface area contributed by atoms with E-state index in [4.69, 9.17) is 4.74 Å². The summed E-state index contributed by atoms with van der Waals surface area (Å²) in [6, 6.07) is 10.1. The molecule has 0 atom stereocenters. The molecule has 30 heavy (non-hydrogen) atoms. The fraction of sp³-hybridized carbons (Fsp3) is 0.300. The summed E-state index contributed by atoms with van der Waals surface area (Å²) in [5.74, 6) is -0.254. The Morgan fingerprint density at radius 3 is 2.60 bits per heavy atom. The summed E-state index contributed by atoms with van der Waals surface area (Å²) in [4.78, 5) is 19.4. The second-order valence-corrected chi connectivity index (χ2v) is 10.7. The van der Waals surface area contributed by atoms with Crippen LogP contribution in [0.4, 0.5) is 0 Å². The summed E-state index contributed by atoms with van der Waals surface area (Å²) in [6.07, 6.45) is 0. The maximum Gasteiger partial charge on any atom is 0.251 e. The minimum absolute atomic E-state index is 0.180. The number of hydrogen-bond acceptors (Lipinski definition) is 7. The van der Waals surface area contributed by atoms with Gasteiger partial charge in [-0.05, 0) is 42.6 Å². The zero-order chi connectivity index (χ0) is 21.1. The van der Waals surface area contributed by atoms with Crippen LogP contribution in [-0.4, -0.2) is 49.9 Å². The number of amides is 1. The van der Waals surface area contributed by atoms with Crippen LogP contribution in [0.5, 0.6) is 0 Å². The summed E-state index contributed by atoms with van der Waals surface area (Å²) in [6.45, 7) is 3.77. The molecule has 2 aromatic heterocycles. The predicted octanol–water partition coefficient (Wildman–Crippen LogP) is 3.13. The number of nitrogens with one attached hydrogen (secondary N) is 1. The highest BCUT2D eigenvalue weighted by molar-refractivity contribution is 7.89. The summed E-state index contributed by atoms with van der Waals surface area (Å²) < 4.78 is 32.0. The van der Waals surface area contributed by atoms with E-state index in [2.05, 4.69) is 10.3 Å². The van der Waals surface area contributed by atoms with Gasteiger partial charge in [-0.1, -0.05) is 6.07 Å². The number of sulfonamides is 1. The van der Waals surface area contributed by atoms with Crippen LogP contribution in [0.2, 0.25) is 0 Å². The minimum Gasteiger partial charge on any atom is -0.379 e. The molecule has 0 radical (unpaired) electrons. The van der Waals surface area contributed by atoms with Gasteiger partial charge in [-0.25, -0.2) is 13.4 Å². The molecule has 0 bridgehead atoms. The number of nitrogens with zero attached hydrogens (tertiary/aromatic N) is 2. The van der Waals surface area contributed by atoms with E-state index in [0.717, 1.165) is 20.5 Å². The number of rotatable bonds is 6. The van der Waals surface area contributed by atoms with E-state index < -0.39 is 10.0 Å². The molecule has 158 valence electrons. The van der Waals surface area contributed by atoms with E-state index >= 15 is 0 Å². The molecule has 7 nitrogen and oxygen atoms in total. The van der Waals surface area contributed by atoms with Gasteiger partial charge in [0, 0.05) is 23.5 Å². The molecular weight excluding hydrogens is 442 g/mol. The number of thiazole rings is 1.